The van der Waals surface area contributed by atoms with E-state index < -0.39 is 0 Å². The topological polar surface area (TPSA) is 29.5 Å². The molecule has 0 aromatic heterocycles. The number of rotatable bonds is 3. The van der Waals surface area contributed by atoms with Gasteiger partial charge < -0.3 is 4.74 Å². The van der Waals surface area contributed by atoms with Crippen molar-refractivity contribution in [2.24, 2.45) is 23.7 Å². The van der Waals surface area contributed by atoms with Crippen molar-refractivity contribution in [2.75, 3.05) is 14.2 Å². The fourth-order valence-corrected chi connectivity index (χ4v) is 5.27. The second-order valence-electron chi connectivity index (χ2n) is 7.32. The number of carbonyl (C=O) groups excluding carboxylic acids is 1. The molecule has 3 aliphatic rings. The van der Waals surface area contributed by atoms with Crippen LogP contribution in [-0.4, -0.2) is 37.1 Å². The van der Waals surface area contributed by atoms with Crippen molar-refractivity contribution in [3.05, 3.63) is 12.7 Å². The molecule has 1 aliphatic carbocycles. The second kappa shape index (κ2) is 6.12. The van der Waals surface area contributed by atoms with Gasteiger partial charge in [0.15, 0.2) is 0 Å². The number of carbonyl (C=O) groups is 1. The van der Waals surface area contributed by atoms with E-state index in [9.17, 15) is 4.79 Å². The van der Waals surface area contributed by atoms with Gasteiger partial charge in [0.1, 0.15) is 0 Å². The molecular weight excluding hydrogens is 262 g/mol. The summed E-state index contributed by atoms with van der Waals surface area (Å²) in [5.41, 5.74) is 0. The molecular formula is C18H29NO2. The maximum Gasteiger partial charge on any atom is 0.310 e. The first-order chi connectivity index (χ1) is 10.2. The van der Waals surface area contributed by atoms with Crippen molar-refractivity contribution in [1.29, 1.82) is 0 Å². The van der Waals surface area contributed by atoms with E-state index in [1.807, 2.05) is 0 Å². The first kappa shape index (κ1) is 15.1. The summed E-state index contributed by atoms with van der Waals surface area (Å²) in [5.74, 6) is 2.08. The summed E-state index contributed by atoms with van der Waals surface area (Å²) in [5, 5.41) is 0. The van der Waals surface area contributed by atoms with Crippen molar-refractivity contribution in [3.8, 4) is 0 Å². The molecule has 3 heteroatoms. The van der Waals surface area contributed by atoms with Crippen LogP contribution in [0.15, 0.2) is 12.7 Å². The summed E-state index contributed by atoms with van der Waals surface area (Å²) >= 11 is 0. The molecule has 2 heterocycles. The fraction of sp³-hybridized carbons (Fsp3) is 0.833. The van der Waals surface area contributed by atoms with Crippen LogP contribution in [0.25, 0.3) is 0 Å². The van der Waals surface area contributed by atoms with E-state index >= 15 is 0 Å². The molecule has 2 saturated heterocycles. The average molecular weight is 291 g/mol. The van der Waals surface area contributed by atoms with Gasteiger partial charge in [-0.25, -0.2) is 0 Å². The third kappa shape index (κ3) is 2.65. The number of methoxy groups -OCH3 is 1. The van der Waals surface area contributed by atoms with Crippen molar-refractivity contribution in [3.63, 3.8) is 0 Å². The summed E-state index contributed by atoms with van der Waals surface area (Å²) in [4.78, 5) is 14.9. The first-order valence-corrected chi connectivity index (χ1v) is 8.58. The van der Waals surface area contributed by atoms with E-state index in [1.54, 1.807) is 7.11 Å². The van der Waals surface area contributed by atoms with Gasteiger partial charge in [0.25, 0.3) is 0 Å². The number of ether oxygens (including phenoxy) is 1. The van der Waals surface area contributed by atoms with E-state index in [0.717, 1.165) is 0 Å². The van der Waals surface area contributed by atoms with E-state index in [-0.39, 0.29) is 11.9 Å². The van der Waals surface area contributed by atoms with Gasteiger partial charge >= 0.3 is 5.97 Å². The molecule has 3 nitrogen and oxygen atoms in total. The SMILES string of the molecule is C=CC1CCC([C@H]2C[C@H]3CCC(C2C(=O)OC)N3C)CC1. The van der Waals surface area contributed by atoms with Crippen LogP contribution in [0.1, 0.15) is 44.9 Å². The quantitative estimate of drug-likeness (QED) is 0.590. The Kier molecular flexibility index (Phi) is 4.39. The van der Waals surface area contributed by atoms with Crippen LogP contribution in [0.4, 0.5) is 0 Å². The minimum absolute atomic E-state index is 0.0306. The Morgan fingerprint density at radius 2 is 1.90 bits per heavy atom. The number of allylic oxidation sites excluding steroid dienone is 1. The molecule has 0 amide bonds. The van der Waals surface area contributed by atoms with Crippen molar-refractivity contribution in [2.45, 2.75) is 57.0 Å². The zero-order chi connectivity index (χ0) is 15.0. The van der Waals surface area contributed by atoms with Crippen LogP contribution in [0, 0.1) is 23.7 Å². The van der Waals surface area contributed by atoms with Gasteiger partial charge in [0, 0.05) is 12.1 Å². The minimum atomic E-state index is 0.0306. The highest BCUT2D eigenvalue weighted by molar-refractivity contribution is 5.74. The molecule has 0 spiro atoms. The second-order valence-corrected chi connectivity index (χ2v) is 7.32. The van der Waals surface area contributed by atoms with E-state index in [1.165, 1.54) is 44.9 Å². The van der Waals surface area contributed by atoms with Gasteiger partial charge in [-0.15, -0.1) is 6.58 Å². The largest absolute Gasteiger partial charge is 0.469 e. The Morgan fingerprint density at radius 3 is 2.52 bits per heavy atom. The summed E-state index contributed by atoms with van der Waals surface area (Å²) in [6.07, 6.45) is 10.8. The smallest absolute Gasteiger partial charge is 0.310 e. The molecule has 2 aliphatic heterocycles. The maximum atomic E-state index is 12.4. The Bertz CT molecular complexity index is 400. The van der Waals surface area contributed by atoms with Crippen molar-refractivity contribution < 1.29 is 9.53 Å². The molecule has 3 rings (SSSR count). The predicted molar refractivity (Wildman–Crippen MR) is 83.8 cm³/mol. The highest BCUT2D eigenvalue weighted by atomic mass is 16.5. The summed E-state index contributed by atoms with van der Waals surface area (Å²) in [6.45, 7) is 3.94. The molecule has 0 radical (unpaired) electrons. The number of piperidine rings is 1. The van der Waals surface area contributed by atoms with Gasteiger partial charge in [-0.3, -0.25) is 9.69 Å². The molecule has 3 fully saturated rings. The Labute approximate surface area is 128 Å². The van der Waals surface area contributed by atoms with Crippen LogP contribution >= 0.6 is 0 Å². The van der Waals surface area contributed by atoms with Gasteiger partial charge in [-0.1, -0.05) is 6.08 Å². The van der Waals surface area contributed by atoms with Gasteiger partial charge in [-0.05, 0) is 69.7 Å². The predicted octanol–water partition coefficient (Wildman–Crippen LogP) is 3.25. The molecule has 2 bridgehead atoms. The third-order valence-electron chi connectivity index (χ3n) is 6.54. The average Bonchev–Trinajstić information content (AvgIpc) is 2.76. The van der Waals surface area contributed by atoms with Crippen LogP contribution in [0.3, 0.4) is 0 Å². The van der Waals surface area contributed by atoms with Crippen LogP contribution in [0.2, 0.25) is 0 Å². The Morgan fingerprint density at radius 1 is 1.19 bits per heavy atom. The van der Waals surface area contributed by atoms with E-state index in [0.29, 0.717) is 29.8 Å². The normalized spacial score (nSPS) is 43.5. The zero-order valence-corrected chi connectivity index (χ0v) is 13.5. The van der Waals surface area contributed by atoms with Gasteiger partial charge in [-0.2, -0.15) is 0 Å². The van der Waals surface area contributed by atoms with Crippen LogP contribution in [0.5, 0.6) is 0 Å². The molecule has 2 unspecified atom stereocenters. The van der Waals surface area contributed by atoms with Crippen molar-refractivity contribution in [1.82, 2.24) is 4.90 Å². The lowest BCUT2D eigenvalue weighted by Gasteiger charge is -2.46. The van der Waals surface area contributed by atoms with Crippen LogP contribution in [-0.2, 0) is 9.53 Å². The molecule has 1 saturated carbocycles. The Balaban J connectivity index is 1.76. The van der Waals surface area contributed by atoms with Crippen molar-refractivity contribution >= 4 is 5.97 Å². The highest BCUT2D eigenvalue weighted by Crippen LogP contribution is 2.48. The lowest BCUT2D eigenvalue weighted by molar-refractivity contribution is -0.154. The number of fused-ring (bicyclic) bond motifs is 2. The third-order valence-corrected chi connectivity index (χ3v) is 6.54. The number of esters is 1. The van der Waals surface area contributed by atoms with E-state index in [4.69, 9.17) is 4.74 Å². The Hall–Kier alpha value is -0.830. The number of hydrogen-bond donors (Lipinski definition) is 0. The zero-order valence-electron chi connectivity index (χ0n) is 13.5. The summed E-state index contributed by atoms with van der Waals surface area (Å²) < 4.78 is 5.17. The minimum Gasteiger partial charge on any atom is -0.469 e. The fourth-order valence-electron chi connectivity index (χ4n) is 5.27. The van der Waals surface area contributed by atoms with Gasteiger partial charge in [0.2, 0.25) is 0 Å². The molecule has 0 N–H and O–H groups in total. The monoisotopic (exact) mass is 291 g/mol. The van der Waals surface area contributed by atoms with Crippen LogP contribution < -0.4 is 0 Å². The first-order valence-electron chi connectivity index (χ1n) is 8.58. The van der Waals surface area contributed by atoms with Gasteiger partial charge in [0.05, 0.1) is 13.0 Å². The molecule has 0 aromatic rings. The lowest BCUT2D eigenvalue weighted by atomic mass is 9.67. The molecule has 0 aromatic carbocycles. The maximum absolute atomic E-state index is 12.4. The number of nitrogens with zero attached hydrogens (tertiary/aromatic N) is 1. The molecule has 4 atom stereocenters. The molecule has 21 heavy (non-hydrogen) atoms. The summed E-state index contributed by atoms with van der Waals surface area (Å²) in [6, 6.07) is 1.11. The molecule has 118 valence electrons. The lowest BCUT2D eigenvalue weighted by Crippen LogP contribution is -2.52. The standard InChI is InChI=1S/C18H29NO2/c1-4-12-5-7-13(8-6-12)15-11-14-9-10-16(19(14)2)17(15)18(20)21-3/h4,12-17H,1,5-11H2,2-3H3/t12?,13?,14-,15-,16?,17?/m1/s1. The van der Waals surface area contributed by atoms with E-state index in [2.05, 4.69) is 24.6 Å². The summed E-state index contributed by atoms with van der Waals surface area (Å²) in [7, 11) is 3.75. The number of hydrogen-bond acceptors (Lipinski definition) is 3. The highest BCUT2D eigenvalue weighted by Gasteiger charge is 2.51.